The average Bonchev–Trinajstić information content (AvgIpc) is 2.88. The largest absolute Gasteiger partial charge is 0.465 e. The summed E-state index contributed by atoms with van der Waals surface area (Å²) in [5.74, 6) is -0.530. The van der Waals surface area contributed by atoms with Gasteiger partial charge in [0.1, 0.15) is 5.75 Å². The van der Waals surface area contributed by atoms with Gasteiger partial charge in [0.05, 0.1) is 18.7 Å². The van der Waals surface area contributed by atoms with E-state index in [-0.39, 0.29) is 12.2 Å². The fourth-order valence-corrected chi connectivity index (χ4v) is 4.35. The summed E-state index contributed by atoms with van der Waals surface area (Å²) in [5, 5.41) is 3.23. The fourth-order valence-electron chi connectivity index (χ4n) is 4.35. The lowest BCUT2D eigenvalue weighted by Gasteiger charge is -2.47. The van der Waals surface area contributed by atoms with Gasteiger partial charge in [-0.05, 0) is 56.0 Å². The molecule has 2 fully saturated rings. The minimum Gasteiger partial charge on any atom is -0.465 e. The molecular weight excluding hydrogens is 454 g/mol. The number of carbonyl (C=O) groups is 3. The minimum atomic E-state index is -1.12. The highest BCUT2D eigenvalue weighted by Gasteiger charge is 2.51. The summed E-state index contributed by atoms with van der Waals surface area (Å²) in [6, 6.07) is 5.04. The van der Waals surface area contributed by atoms with Gasteiger partial charge in [-0.2, -0.15) is 0 Å². The lowest BCUT2D eigenvalue weighted by molar-refractivity contribution is -0.198. The van der Waals surface area contributed by atoms with Crippen molar-refractivity contribution in [3.8, 4) is 5.75 Å². The molecule has 0 bridgehead atoms. The monoisotopic (exact) mass is 487 g/mol. The summed E-state index contributed by atoms with van der Waals surface area (Å²) in [6.07, 6.45) is 7.27. The fraction of sp³-hybridized carbons (Fsp3) is 0.560. The molecule has 190 valence electrons. The van der Waals surface area contributed by atoms with E-state index in [0.717, 1.165) is 43.5 Å². The first-order chi connectivity index (χ1) is 17.0. The second-order valence-corrected chi connectivity index (χ2v) is 8.91. The van der Waals surface area contributed by atoms with E-state index < -0.39 is 29.9 Å². The van der Waals surface area contributed by atoms with Gasteiger partial charge < -0.3 is 19.5 Å². The molecule has 1 aromatic rings. The number of piperidine rings is 1. The molecule has 4 rings (SSSR count). The van der Waals surface area contributed by atoms with E-state index in [4.69, 9.17) is 19.0 Å². The van der Waals surface area contributed by atoms with Crippen molar-refractivity contribution in [3.05, 3.63) is 35.4 Å². The number of ether oxygens (including phenoxy) is 3. The van der Waals surface area contributed by atoms with E-state index in [1.165, 1.54) is 6.08 Å². The van der Waals surface area contributed by atoms with Gasteiger partial charge in [0.2, 0.25) is 5.72 Å². The van der Waals surface area contributed by atoms with E-state index in [1.807, 2.05) is 6.92 Å². The molecule has 35 heavy (non-hydrogen) atoms. The van der Waals surface area contributed by atoms with Gasteiger partial charge in [-0.25, -0.2) is 20.0 Å². The molecule has 0 aliphatic carbocycles. The first kappa shape index (κ1) is 25.2. The van der Waals surface area contributed by atoms with Crippen LogP contribution in [0, 0.1) is 0 Å². The SMILES string of the molecule is CCCCOC(=O)N1C(=O)c2cc(/C=C/C(=O)NOC3CCCCO3)ccc2OC12CCCNC2. The van der Waals surface area contributed by atoms with Gasteiger partial charge in [-0.1, -0.05) is 19.4 Å². The minimum absolute atomic E-state index is 0.237. The van der Waals surface area contributed by atoms with Crippen LogP contribution in [-0.4, -0.2) is 61.1 Å². The first-order valence-corrected chi connectivity index (χ1v) is 12.3. The molecule has 0 saturated carbocycles. The molecule has 1 spiro atoms. The van der Waals surface area contributed by atoms with Crippen molar-refractivity contribution in [1.82, 2.24) is 15.7 Å². The van der Waals surface area contributed by atoms with Crippen LogP contribution in [-0.2, 0) is 19.1 Å². The summed E-state index contributed by atoms with van der Waals surface area (Å²) in [4.78, 5) is 45.0. The van der Waals surface area contributed by atoms with Gasteiger partial charge in [0.25, 0.3) is 11.8 Å². The molecule has 10 heteroatoms. The van der Waals surface area contributed by atoms with E-state index in [0.29, 0.717) is 37.3 Å². The summed E-state index contributed by atoms with van der Waals surface area (Å²) in [7, 11) is 0. The molecule has 2 N–H and O–H groups in total. The third kappa shape index (κ3) is 6.01. The average molecular weight is 488 g/mol. The Hall–Kier alpha value is -2.95. The number of hydrogen-bond donors (Lipinski definition) is 2. The number of hydrogen-bond acceptors (Lipinski definition) is 8. The van der Waals surface area contributed by atoms with Gasteiger partial charge in [0, 0.05) is 25.5 Å². The predicted molar refractivity (Wildman–Crippen MR) is 126 cm³/mol. The van der Waals surface area contributed by atoms with Crippen molar-refractivity contribution in [2.45, 2.75) is 63.9 Å². The predicted octanol–water partition coefficient (Wildman–Crippen LogP) is 3.13. The van der Waals surface area contributed by atoms with Crippen LogP contribution in [0.3, 0.4) is 0 Å². The Labute approximate surface area is 204 Å². The third-order valence-corrected chi connectivity index (χ3v) is 6.23. The molecule has 3 aliphatic heterocycles. The maximum atomic E-state index is 13.5. The van der Waals surface area contributed by atoms with Crippen molar-refractivity contribution in [2.75, 3.05) is 26.3 Å². The number of nitrogens with one attached hydrogen (secondary N) is 2. The lowest BCUT2D eigenvalue weighted by Crippen LogP contribution is -2.66. The van der Waals surface area contributed by atoms with Crippen LogP contribution < -0.4 is 15.5 Å². The maximum absolute atomic E-state index is 13.5. The topological polar surface area (TPSA) is 115 Å². The second-order valence-electron chi connectivity index (χ2n) is 8.91. The van der Waals surface area contributed by atoms with Crippen LogP contribution in [0.5, 0.6) is 5.75 Å². The molecule has 0 aromatic heterocycles. The Morgan fingerprint density at radius 2 is 2.20 bits per heavy atom. The van der Waals surface area contributed by atoms with E-state index in [1.54, 1.807) is 24.3 Å². The van der Waals surface area contributed by atoms with E-state index in [2.05, 4.69) is 10.8 Å². The normalized spacial score (nSPS) is 24.2. The zero-order valence-corrected chi connectivity index (χ0v) is 20.0. The number of carbonyl (C=O) groups excluding carboxylic acids is 3. The van der Waals surface area contributed by atoms with Gasteiger partial charge in [-0.3, -0.25) is 9.59 Å². The van der Waals surface area contributed by atoms with E-state index >= 15 is 0 Å². The Balaban J connectivity index is 1.48. The summed E-state index contributed by atoms with van der Waals surface area (Å²) < 4.78 is 17.1. The number of rotatable bonds is 7. The first-order valence-electron chi connectivity index (χ1n) is 12.3. The number of nitrogens with zero attached hydrogens (tertiary/aromatic N) is 1. The molecule has 3 amide bonds. The van der Waals surface area contributed by atoms with Gasteiger partial charge in [-0.15, -0.1) is 0 Å². The van der Waals surface area contributed by atoms with Crippen LogP contribution in [0.2, 0.25) is 0 Å². The van der Waals surface area contributed by atoms with Crippen molar-refractivity contribution < 1.29 is 33.4 Å². The van der Waals surface area contributed by atoms with Crippen molar-refractivity contribution >= 4 is 24.0 Å². The maximum Gasteiger partial charge on any atom is 0.420 e. The number of hydroxylamine groups is 1. The molecular formula is C25H33N3O7. The number of imide groups is 1. The zero-order valence-electron chi connectivity index (χ0n) is 20.0. The van der Waals surface area contributed by atoms with Gasteiger partial charge >= 0.3 is 6.09 Å². The Morgan fingerprint density at radius 3 is 2.94 bits per heavy atom. The van der Waals surface area contributed by atoms with Crippen LogP contribution >= 0.6 is 0 Å². The number of benzene rings is 1. The Morgan fingerprint density at radius 1 is 1.31 bits per heavy atom. The highest BCUT2D eigenvalue weighted by atomic mass is 16.8. The summed E-state index contributed by atoms with van der Waals surface area (Å²) >= 11 is 0. The highest BCUT2D eigenvalue weighted by Crippen LogP contribution is 2.38. The molecule has 2 saturated heterocycles. The third-order valence-electron chi connectivity index (χ3n) is 6.23. The lowest BCUT2D eigenvalue weighted by atomic mass is 9.96. The van der Waals surface area contributed by atoms with Crippen molar-refractivity contribution in [3.63, 3.8) is 0 Å². The molecule has 1 aromatic carbocycles. The Bertz CT molecular complexity index is 952. The van der Waals surface area contributed by atoms with Crippen LogP contribution in [0.15, 0.2) is 24.3 Å². The molecule has 3 aliphatic rings. The van der Waals surface area contributed by atoms with Crippen LogP contribution in [0.4, 0.5) is 4.79 Å². The van der Waals surface area contributed by atoms with Gasteiger partial charge in [0.15, 0.2) is 6.29 Å². The molecule has 2 atom stereocenters. The molecule has 3 heterocycles. The highest BCUT2D eigenvalue weighted by molar-refractivity contribution is 6.06. The molecule has 10 nitrogen and oxygen atoms in total. The number of fused-ring (bicyclic) bond motifs is 1. The number of unbranched alkanes of at least 4 members (excludes halogenated alkanes) is 1. The summed E-state index contributed by atoms with van der Waals surface area (Å²) in [6.45, 7) is 3.96. The summed E-state index contributed by atoms with van der Waals surface area (Å²) in [5.41, 5.74) is 2.07. The van der Waals surface area contributed by atoms with Crippen LogP contribution in [0.25, 0.3) is 6.08 Å². The quantitative estimate of drug-likeness (QED) is 0.342. The van der Waals surface area contributed by atoms with Crippen molar-refractivity contribution in [2.24, 2.45) is 0 Å². The van der Waals surface area contributed by atoms with Crippen LogP contribution in [0.1, 0.15) is 67.8 Å². The van der Waals surface area contributed by atoms with Crippen molar-refractivity contribution in [1.29, 1.82) is 0 Å². The standard InChI is InChI=1S/C25H33N3O7/c1-2-3-14-33-24(31)28-23(30)19-16-18(8-10-20(19)34-25(28)12-6-13-26-17-25)9-11-21(29)27-35-22-7-4-5-15-32-22/h8-11,16,22,26H,2-7,12-15,17H2,1H3,(H,27,29)/b11-9+. The zero-order chi connectivity index (χ0) is 24.7. The second kappa shape index (κ2) is 11.7. The smallest absolute Gasteiger partial charge is 0.420 e. The Kier molecular flexibility index (Phi) is 8.37. The number of amides is 3. The van der Waals surface area contributed by atoms with E-state index in [9.17, 15) is 14.4 Å². The molecule has 0 radical (unpaired) electrons. The molecule has 2 unspecified atom stereocenters.